The van der Waals surface area contributed by atoms with Crippen LogP contribution in [-0.4, -0.2) is 38.4 Å². The zero-order valence-electron chi connectivity index (χ0n) is 16.0. The van der Waals surface area contributed by atoms with Crippen molar-refractivity contribution >= 4 is 33.5 Å². The van der Waals surface area contributed by atoms with Gasteiger partial charge in [0.2, 0.25) is 0 Å². The number of carbonyl (C=O) groups excluding carboxylic acids is 1. The molecule has 6 nitrogen and oxygen atoms in total. The maximum Gasteiger partial charge on any atom is 0.196 e. The van der Waals surface area contributed by atoms with Gasteiger partial charge < -0.3 is 4.74 Å². The van der Waals surface area contributed by atoms with Gasteiger partial charge in [-0.3, -0.25) is 14.3 Å². The number of ether oxygens (including phenoxy) is 1. The Kier molecular flexibility index (Phi) is 6.25. The molecule has 0 saturated heterocycles. The quantitative estimate of drug-likeness (QED) is 0.271. The van der Waals surface area contributed by atoms with E-state index in [1.807, 2.05) is 65.2 Å². The van der Waals surface area contributed by atoms with Crippen LogP contribution in [0.25, 0.3) is 17.2 Å². The summed E-state index contributed by atoms with van der Waals surface area (Å²) >= 11 is 4.78. The fourth-order valence-electron chi connectivity index (χ4n) is 2.88. The lowest BCUT2D eigenvalue weighted by atomic mass is 10.1. The van der Waals surface area contributed by atoms with E-state index in [0.717, 1.165) is 15.9 Å². The molecule has 2 aromatic carbocycles. The largest absolute Gasteiger partial charge is 0.497 e. The number of aromatic nitrogens is 4. The molecule has 4 rings (SSSR count). The third kappa shape index (κ3) is 4.29. The zero-order chi connectivity index (χ0) is 20.9. The highest BCUT2D eigenvalue weighted by Crippen LogP contribution is 2.29. The molecule has 0 spiro atoms. The highest BCUT2D eigenvalue weighted by Gasteiger charge is 2.19. The van der Waals surface area contributed by atoms with Crippen LogP contribution in [0.15, 0.2) is 82.6 Å². The number of hydrogen-bond donors (Lipinski definition) is 0. The standard InChI is InChI=1S/C22H17BrN4O2S/c1-29-16-11-9-15(10-12-16)27-21(19-8-4-5-13-24-19)25-26-22(27)30-14-20(28)17-6-2-3-7-18(17)23/h2-13H,14H2,1H3. The number of halogens is 1. The summed E-state index contributed by atoms with van der Waals surface area (Å²) in [5.74, 6) is 1.61. The third-order valence-electron chi connectivity index (χ3n) is 4.36. The topological polar surface area (TPSA) is 69.9 Å². The average Bonchev–Trinajstić information content (AvgIpc) is 3.22. The molecular formula is C22H17BrN4O2S. The minimum atomic E-state index is 0.0103. The van der Waals surface area contributed by atoms with Crippen molar-refractivity contribution in [3.63, 3.8) is 0 Å². The van der Waals surface area contributed by atoms with E-state index in [1.54, 1.807) is 19.4 Å². The molecule has 0 aliphatic rings. The molecular weight excluding hydrogens is 464 g/mol. The Morgan fingerprint density at radius 3 is 2.50 bits per heavy atom. The fourth-order valence-corrected chi connectivity index (χ4v) is 4.22. The number of hydrogen-bond acceptors (Lipinski definition) is 6. The number of benzene rings is 2. The van der Waals surface area contributed by atoms with Crippen molar-refractivity contribution in [3.05, 3.63) is 83.0 Å². The van der Waals surface area contributed by atoms with Gasteiger partial charge in [-0.05, 0) is 42.5 Å². The summed E-state index contributed by atoms with van der Waals surface area (Å²) in [5, 5.41) is 9.30. The first-order chi connectivity index (χ1) is 14.7. The molecule has 0 N–H and O–H groups in total. The summed E-state index contributed by atoms with van der Waals surface area (Å²) in [7, 11) is 1.63. The van der Waals surface area contributed by atoms with Gasteiger partial charge in [-0.15, -0.1) is 10.2 Å². The lowest BCUT2D eigenvalue weighted by Gasteiger charge is -2.11. The monoisotopic (exact) mass is 480 g/mol. The van der Waals surface area contributed by atoms with Gasteiger partial charge in [0.05, 0.1) is 18.6 Å². The van der Waals surface area contributed by atoms with E-state index in [2.05, 4.69) is 31.1 Å². The number of nitrogens with zero attached hydrogens (tertiary/aromatic N) is 4. The minimum absolute atomic E-state index is 0.0103. The first kappa shape index (κ1) is 20.3. The Labute approximate surface area is 186 Å². The van der Waals surface area contributed by atoms with Gasteiger partial charge in [0.1, 0.15) is 11.4 Å². The predicted molar refractivity (Wildman–Crippen MR) is 120 cm³/mol. The molecule has 0 aliphatic carbocycles. The second-order valence-corrected chi connectivity index (χ2v) is 8.04. The summed E-state index contributed by atoms with van der Waals surface area (Å²) in [4.78, 5) is 17.1. The molecule has 0 amide bonds. The number of methoxy groups -OCH3 is 1. The summed E-state index contributed by atoms with van der Waals surface area (Å²) in [6.45, 7) is 0. The molecule has 0 atom stereocenters. The molecule has 8 heteroatoms. The number of rotatable bonds is 7. The van der Waals surface area contributed by atoms with E-state index >= 15 is 0 Å². The molecule has 0 unspecified atom stereocenters. The van der Waals surface area contributed by atoms with Crippen LogP contribution in [0, 0.1) is 0 Å². The lowest BCUT2D eigenvalue weighted by molar-refractivity contribution is 0.102. The zero-order valence-corrected chi connectivity index (χ0v) is 18.4. The molecule has 30 heavy (non-hydrogen) atoms. The Hall–Kier alpha value is -2.97. The lowest BCUT2D eigenvalue weighted by Crippen LogP contribution is -2.06. The first-order valence-corrected chi connectivity index (χ1v) is 10.9. The van der Waals surface area contributed by atoms with Gasteiger partial charge in [-0.2, -0.15) is 0 Å². The van der Waals surface area contributed by atoms with Crippen LogP contribution < -0.4 is 4.74 Å². The van der Waals surface area contributed by atoms with Crippen LogP contribution in [0.3, 0.4) is 0 Å². The van der Waals surface area contributed by atoms with Crippen molar-refractivity contribution in [3.8, 4) is 23.0 Å². The Bertz CT molecular complexity index is 1160. The van der Waals surface area contributed by atoms with Gasteiger partial charge in [0.15, 0.2) is 16.8 Å². The van der Waals surface area contributed by atoms with Gasteiger partial charge in [-0.1, -0.05) is 52.0 Å². The van der Waals surface area contributed by atoms with Crippen molar-refractivity contribution in [1.29, 1.82) is 0 Å². The van der Waals surface area contributed by atoms with Crippen molar-refractivity contribution in [1.82, 2.24) is 19.7 Å². The van der Waals surface area contributed by atoms with E-state index in [9.17, 15) is 4.79 Å². The van der Waals surface area contributed by atoms with Crippen LogP contribution in [-0.2, 0) is 0 Å². The molecule has 0 fully saturated rings. The summed E-state index contributed by atoms with van der Waals surface area (Å²) in [6.07, 6.45) is 1.71. The maximum atomic E-state index is 12.7. The van der Waals surface area contributed by atoms with Crippen molar-refractivity contribution in [2.75, 3.05) is 12.9 Å². The SMILES string of the molecule is COc1ccc(-n2c(SCC(=O)c3ccccc3Br)nnc2-c2ccccn2)cc1. The van der Waals surface area contributed by atoms with E-state index < -0.39 is 0 Å². The second kappa shape index (κ2) is 9.23. The molecule has 0 bridgehead atoms. The number of Topliss-reactive ketones (excluding diaryl/α,β-unsaturated/α-hetero) is 1. The molecule has 0 saturated carbocycles. The van der Waals surface area contributed by atoms with Crippen molar-refractivity contribution < 1.29 is 9.53 Å². The molecule has 150 valence electrons. The van der Waals surface area contributed by atoms with Crippen molar-refractivity contribution in [2.45, 2.75) is 5.16 Å². The third-order valence-corrected chi connectivity index (χ3v) is 5.99. The van der Waals surface area contributed by atoms with Gasteiger partial charge >= 0.3 is 0 Å². The number of pyridine rings is 1. The molecule has 0 aliphatic heterocycles. The fraction of sp³-hybridized carbons (Fsp3) is 0.0909. The minimum Gasteiger partial charge on any atom is -0.497 e. The Morgan fingerprint density at radius 2 is 1.80 bits per heavy atom. The molecule has 0 radical (unpaired) electrons. The normalized spacial score (nSPS) is 10.7. The Balaban J connectivity index is 1.68. The van der Waals surface area contributed by atoms with E-state index in [-0.39, 0.29) is 11.5 Å². The Morgan fingerprint density at radius 1 is 1.03 bits per heavy atom. The average molecular weight is 481 g/mol. The second-order valence-electron chi connectivity index (χ2n) is 6.25. The first-order valence-electron chi connectivity index (χ1n) is 9.09. The van der Waals surface area contributed by atoms with Gasteiger partial charge in [-0.25, -0.2) is 0 Å². The molecule has 4 aromatic rings. The van der Waals surface area contributed by atoms with Crippen LogP contribution in [0.4, 0.5) is 0 Å². The summed E-state index contributed by atoms with van der Waals surface area (Å²) in [5.41, 5.74) is 2.20. The van der Waals surface area contributed by atoms with Crippen LogP contribution >= 0.6 is 27.7 Å². The number of ketones is 1. The molecule has 2 heterocycles. The maximum absolute atomic E-state index is 12.7. The van der Waals surface area contributed by atoms with E-state index in [1.165, 1.54) is 11.8 Å². The highest BCUT2D eigenvalue weighted by molar-refractivity contribution is 9.10. The van der Waals surface area contributed by atoms with E-state index in [4.69, 9.17) is 4.74 Å². The molecule has 2 aromatic heterocycles. The summed E-state index contributed by atoms with van der Waals surface area (Å²) < 4.78 is 7.95. The van der Waals surface area contributed by atoms with Crippen LogP contribution in [0.5, 0.6) is 5.75 Å². The van der Waals surface area contributed by atoms with Crippen LogP contribution in [0.1, 0.15) is 10.4 Å². The predicted octanol–water partition coefficient (Wildman–Crippen LogP) is 5.08. The highest BCUT2D eigenvalue weighted by atomic mass is 79.9. The van der Waals surface area contributed by atoms with Crippen molar-refractivity contribution in [2.24, 2.45) is 0 Å². The van der Waals surface area contributed by atoms with E-state index in [0.29, 0.717) is 22.2 Å². The van der Waals surface area contributed by atoms with Gasteiger partial charge in [0, 0.05) is 16.2 Å². The summed E-state index contributed by atoms with van der Waals surface area (Å²) in [6, 6.07) is 20.6. The van der Waals surface area contributed by atoms with Crippen LogP contribution in [0.2, 0.25) is 0 Å². The smallest absolute Gasteiger partial charge is 0.196 e. The number of carbonyl (C=O) groups is 1. The number of thioether (sulfide) groups is 1. The van der Waals surface area contributed by atoms with Gasteiger partial charge in [0.25, 0.3) is 0 Å².